The van der Waals surface area contributed by atoms with Crippen LogP contribution in [0.25, 0.3) is 0 Å². The highest BCUT2D eigenvalue weighted by Gasteiger charge is 2.21. The van der Waals surface area contributed by atoms with Gasteiger partial charge >= 0.3 is 0 Å². The molecule has 0 aliphatic heterocycles. The number of nitrogens with zero attached hydrogens (tertiary/aromatic N) is 1. The van der Waals surface area contributed by atoms with Crippen molar-refractivity contribution in [3.63, 3.8) is 0 Å². The Morgan fingerprint density at radius 1 is 1.20 bits per heavy atom. The van der Waals surface area contributed by atoms with Crippen molar-refractivity contribution in [2.45, 2.75) is 6.04 Å². The van der Waals surface area contributed by atoms with Gasteiger partial charge in [-0.25, -0.2) is 0 Å². The summed E-state index contributed by atoms with van der Waals surface area (Å²) in [5, 5.41) is 16.9. The molecule has 2 rings (SSSR count). The summed E-state index contributed by atoms with van der Waals surface area (Å²) in [7, 11) is 5.62. The van der Waals surface area contributed by atoms with Gasteiger partial charge in [0.05, 0.1) is 19.0 Å². The van der Waals surface area contributed by atoms with Crippen molar-refractivity contribution >= 4 is 17.3 Å². The van der Waals surface area contributed by atoms with Crippen molar-refractivity contribution in [3.8, 4) is 0 Å². The van der Waals surface area contributed by atoms with E-state index in [2.05, 4.69) is 10.6 Å². The molecule has 0 fully saturated rings. The van der Waals surface area contributed by atoms with E-state index in [0.29, 0.717) is 12.2 Å². The Kier molecular flexibility index (Phi) is 6.08. The summed E-state index contributed by atoms with van der Waals surface area (Å²) in [6.07, 6.45) is 0. The number of likely N-dealkylation sites (N-methyl/N-ethyl adjacent to an activating group) is 1. The molecular weight excluding hydrogens is 320 g/mol. The highest BCUT2D eigenvalue weighted by atomic mass is 16.6. The summed E-state index contributed by atoms with van der Waals surface area (Å²) in [6, 6.07) is 13.9. The van der Waals surface area contributed by atoms with Crippen molar-refractivity contribution in [2.75, 3.05) is 33.0 Å². The number of hydrogen-bond acceptors (Lipinski definition) is 4. The largest absolute Gasteiger partial charge is 0.383 e. The Balaban J connectivity index is 2.26. The smallest absolute Gasteiger partial charge is 0.293 e. The molecule has 0 aliphatic rings. The molecule has 7 nitrogen and oxygen atoms in total. The van der Waals surface area contributed by atoms with Crippen LogP contribution >= 0.6 is 0 Å². The van der Waals surface area contributed by atoms with Crippen LogP contribution in [0.5, 0.6) is 0 Å². The van der Waals surface area contributed by atoms with E-state index in [1.165, 1.54) is 11.0 Å². The predicted octanol–water partition coefficient (Wildman–Crippen LogP) is 1.25. The lowest BCUT2D eigenvalue weighted by Gasteiger charge is -2.21. The molecule has 0 saturated carbocycles. The Morgan fingerprint density at radius 2 is 1.88 bits per heavy atom. The molecule has 25 heavy (non-hydrogen) atoms. The lowest BCUT2D eigenvalue weighted by Crippen LogP contribution is -3.06. The molecule has 3 N–H and O–H groups in total. The normalized spacial score (nSPS) is 11.8. The van der Waals surface area contributed by atoms with E-state index in [9.17, 15) is 14.9 Å². The number of nitro benzene ring substituents is 1. The lowest BCUT2D eigenvalue weighted by molar-refractivity contribution is -0.860. The molecule has 2 aromatic rings. The zero-order chi connectivity index (χ0) is 18.4. The van der Waals surface area contributed by atoms with Crippen LogP contribution in [-0.4, -0.2) is 38.5 Å². The maximum Gasteiger partial charge on any atom is 0.293 e. The fourth-order valence-electron chi connectivity index (χ4n) is 2.62. The van der Waals surface area contributed by atoms with Gasteiger partial charge in [0.2, 0.25) is 0 Å². The average Bonchev–Trinajstić information content (AvgIpc) is 2.60. The molecule has 0 radical (unpaired) electrons. The molecule has 0 spiro atoms. The first-order chi connectivity index (χ1) is 11.9. The van der Waals surface area contributed by atoms with E-state index in [0.717, 1.165) is 5.56 Å². The standard InChI is InChI=1S/C18H22N4O3/c1-19-15-10-9-14(11-17(15)22(24)25)18(23)20-16(12-21(2)3)13-7-5-4-6-8-13/h4-11,16,19H,12H2,1-3H3,(H,20,23)/p+1/t16-/m1/s1. The van der Waals surface area contributed by atoms with Gasteiger partial charge in [-0.15, -0.1) is 0 Å². The van der Waals surface area contributed by atoms with Gasteiger partial charge in [0.15, 0.2) is 0 Å². The summed E-state index contributed by atoms with van der Waals surface area (Å²) in [6.45, 7) is 0.701. The van der Waals surface area contributed by atoms with E-state index in [1.807, 2.05) is 44.4 Å². The molecule has 1 amide bonds. The second-order valence-electron chi connectivity index (χ2n) is 6.09. The molecule has 0 saturated heterocycles. The molecule has 7 heteroatoms. The third-order valence-electron chi connectivity index (χ3n) is 3.85. The minimum atomic E-state index is -0.499. The topological polar surface area (TPSA) is 88.7 Å². The molecule has 0 aliphatic carbocycles. The third-order valence-corrected chi connectivity index (χ3v) is 3.85. The summed E-state index contributed by atoms with van der Waals surface area (Å²) >= 11 is 0. The van der Waals surface area contributed by atoms with Gasteiger partial charge in [0.25, 0.3) is 11.6 Å². The first-order valence-corrected chi connectivity index (χ1v) is 8.03. The van der Waals surface area contributed by atoms with Crippen LogP contribution in [0.2, 0.25) is 0 Å². The quantitative estimate of drug-likeness (QED) is 0.521. The van der Waals surface area contributed by atoms with Gasteiger partial charge in [0, 0.05) is 18.7 Å². The fraction of sp³-hybridized carbons (Fsp3) is 0.278. The summed E-state index contributed by atoms with van der Waals surface area (Å²) in [4.78, 5) is 24.5. The average molecular weight is 343 g/mol. The Hall–Kier alpha value is -2.93. The molecule has 0 heterocycles. The molecular formula is C18H23N4O3+. The summed E-state index contributed by atoms with van der Waals surface area (Å²) < 4.78 is 0. The third kappa shape index (κ3) is 4.77. The predicted molar refractivity (Wildman–Crippen MR) is 97.0 cm³/mol. The highest BCUT2D eigenvalue weighted by molar-refractivity contribution is 5.96. The van der Waals surface area contributed by atoms with Gasteiger partial charge in [-0.3, -0.25) is 14.9 Å². The van der Waals surface area contributed by atoms with E-state index < -0.39 is 4.92 Å². The number of quaternary nitrogens is 1. The van der Waals surface area contributed by atoms with E-state index in [-0.39, 0.29) is 23.2 Å². The molecule has 132 valence electrons. The maximum atomic E-state index is 12.6. The zero-order valence-electron chi connectivity index (χ0n) is 14.6. The second-order valence-corrected chi connectivity index (χ2v) is 6.09. The molecule has 2 aromatic carbocycles. The Morgan fingerprint density at radius 3 is 2.44 bits per heavy atom. The lowest BCUT2D eigenvalue weighted by atomic mass is 10.1. The number of hydrogen-bond donors (Lipinski definition) is 3. The van der Waals surface area contributed by atoms with Crippen LogP contribution < -0.4 is 15.5 Å². The molecule has 1 atom stereocenters. The number of rotatable bonds is 7. The number of nitrogens with one attached hydrogen (secondary N) is 3. The first kappa shape index (κ1) is 18.4. The van der Waals surface area contributed by atoms with Crippen molar-refractivity contribution in [1.82, 2.24) is 5.32 Å². The number of carbonyl (C=O) groups excluding carboxylic acids is 1. The first-order valence-electron chi connectivity index (χ1n) is 8.03. The molecule has 0 aromatic heterocycles. The highest BCUT2D eigenvalue weighted by Crippen LogP contribution is 2.25. The van der Waals surface area contributed by atoms with E-state index in [1.54, 1.807) is 19.2 Å². The van der Waals surface area contributed by atoms with E-state index >= 15 is 0 Å². The van der Waals surface area contributed by atoms with Crippen molar-refractivity contribution in [1.29, 1.82) is 0 Å². The van der Waals surface area contributed by atoms with Crippen LogP contribution in [0.4, 0.5) is 11.4 Å². The molecule has 0 unspecified atom stereocenters. The maximum absolute atomic E-state index is 12.6. The monoisotopic (exact) mass is 343 g/mol. The number of benzene rings is 2. The van der Waals surface area contributed by atoms with E-state index in [4.69, 9.17) is 0 Å². The zero-order valence-corrected chi connectivity index (χ0v) is 14.6. The van der Waals surface area contributed by atoms with Gasteiger partial charge in [-0.1, -0.05) is 30.3 Å². The fourth-order valence-corrected chi connectivity index (χ4v) is 2.62. The van der Waals surface area contributed by atoms with Crippen LogP contribution in [-0.2, 0) is 0 Å². The van der Waals surface area contributed by atoms with Crippen LogP contribution in [0.15, 0.2) is 48.5 Å². The van der Waals surface area contributed by atoms with Crippen molar-refractivity contribution in [3.05, 3.63) is 69.8 Å². The minimum Gasteiger partial charge on any atom is -0.383 e. The molecule has 0 bridgehead atoms. The van der Waals surface area contributed by atoms with Gasteiger partial charge in [-0.05, 0) is 17.7 Å². The SMILES string of the molecule is CNc1ccc(C(=O)N[C@H](C[NH+](C)C)c2ccccc2)cc1[N+](=O)[O-]. The van der Waals surface area contributed by atoms with Gasteiger partial charge in [-0.2, -0.15) is 0 Å². The second kappa shape index (κ2) is 8.25. The Labute approximate surface area is 146 Å². The van der Waals surface area contributed by atoms with Crippen LogP contribution in [0, 0.1) is 10.1 Å². The summed E-state index contributed by atoms with van der Waals surface area (Å²) in [5.74, 6) is -0.333. The number of carbonyl (C=O) groups is 1. The minimum absolute atomic E-state index is 0.121. The number of amides is 1. The Bertz CT molecular complexity index is 747. The summed E-state index contributed by atoms with van der Waals surface area (Å²) in [5.41, 5.74) is 1.52. The van der Waals surface area contributed by atoms with Crippen molar-refractivity contribution in [2.24, 2.45) is 0 Å². The van der Waals surface area contributed by atoms with Crippen LogP contribution in [0.3, 0.4) is 0 Å². The van der Waals surface area contributed by atoms with Gasteiger partial charge < -0.3 is 15.5 Å². The van der Waals surface area contributed by atoms with Gasteiger partial charge in [0.1, 0.15) is 18.3 Å². The number of anilines is 1. The van der Waals surface area contributed by atoms with Crippen molar-refractivity contribution < 1.29 is 14.6 Å². The van der Waals surface area contributed by atoms with Crippen LogP contribution in [0.1, 0.15) is 22.0 Å². The number of nitro groups is 1.